The molecule has 0 fully saturated rings. The summed E-state index contributed by atoms with van der Waals surface area (Å²) < 4.78 is 32.3. The molecular formula is C22H26N4O4S. The maximum atomic E-state index is 12.4. The molecular weight excluding hydrogens is 416 g/mol. The molecule has 0 saturated heterocycles. The molecule has 0 bridgehead atoms. The van der Waals surface area contributed by atoms with E-state index in [1.165, 1.54) is 0 Å². The van der Waals surface area contributed by atoms with Crippen LogP contribution in [-0.2, 0) is 21.2 Å². The molecule has 3 aromatic rings. The quantitative estimate of drug-likeness (QED) is 0.516. The van der Waals surface area contributed by atoms with E-state index >= 15 is 0 Å². The number of aromatic nitrogens is 2. The number of sulfonamides is 1. The summed E-state index contributed by atoms with van der Waals surface area (Å²) in [5.74, 6) is 0.603. The van der Waals surface area contributed by atoms with Crippen molar-refractivity contribution in [2.45, 2.75) is 40.0 Å². The lowest BCUT2D eigenvalue weighted by Crippen LogP contribution is -2.18. The third-order valence-corrected chi connectivity index (χ3v) is 6.15. The van der Waals surface area contributed by atoms with Gasteiger partial charge < -0.3 is 9.73 Å². The van der Waals surface area contributed by atoms with Crippen LogP contribution < -0.4 is 10.0 Å². The van der Waals surface area contributed by atoms with Crippen molar-refractivity contribution in [3.05, 3.63) is 59.5 Å². The maximum Gasteiger partial charge on any atom is 0.247 e. The molecule has 1 heterocycles. The van der Waals surface area contributed by atoms with Gasteiger partial charge in [0.15, 0.2) is 0 Å². The molecule has 0 spiro atoms. The van der Waals surface area contributed by atoms with Gasteiger partial charge in [0.2, 0.25) is 27.7 Å². The number of amides is 1. The third-order valence-electron chi connectivity index (χ3n) is 4.68. The Balaban J connectivity index is 1.60. The van der Waals surface area contributed by atoms with Crippen molar-refractivity contribution < 1.29 is 17.6 Å². The van der Waals surface area contributed by atoms with Crippen molar-refractivity contribution in [1.82, 2.24) is 10.2 Å². The van der Waals surface area contributed by atoms with E-state index in [1.54, 1.807) is 32.0 Å². The number of rotatable bonds is 9. The molecule has 0 saturated carbocycles. The zero-order valence-electron chi connectivity index (χ0n) is 17.8. The lowest BCUT2D eigenvalue weighted by Gasteiger charge is -2.14. The Kier molecular flexibility index (Phi) is 7.06. The first kappa shape index (κ1) is 22.5. The van der Waals surface area contributed by atoms with E-state index in [4.69, 9.17) is 4.42 Å². The van der Waals surface area contributed by atoms with Crippen LogP contribution in [0.4, 0.5) is 11.4 Å². The van der Waals surface area contributed by atoms with Crippen molar-refractivity contribution >= 4 is 27.3 Å². The number of nitrogens with one attached hydrogen (secondary N) is 2. The lowest BCUT2D eigenvalue weighted by molar-refractivity contribution is -0.116. The van der Waals surface area contributed by atoms with Crippen LogP contribution in [0, 0.1) is 13.8 Å². The number of carbonyl (C=O) groups excluding carboxylic acids is 1. The number of anilines is 2. The zero-order valence-corrected chi connectivity index (χ0v) is 18.6. The standard InChI is InChI=1S/C22H26N4O4S/c1-4-14-31(28,29)26-19-7-5-6-18(16(19)3)23-20(27)12-13-21-24-25-22(30-21)17-10-8-15(2)9-11-17/h5-11,26H,4,12-14H2,1-3H3,(H,23,27). The van der Waals surface area contributed by atoms with Gasteiger partial charge in [0.05, 0.1) is 11.4 Å². The molecule has 0 aliphatic heterocycles. The Hall–Kier alpha value is -3.20. The number of nitrogens with zero attached hydrogens (tertiary/aromatic N) is 2. The first-order valence-electron chi connectivity index (χ1n) is 10.1. The molecule has 0 aliphatic rings. The molecule has 0 radical (unpaired) electrons. The van der Waals surface area contributed by atoms with Gasteiger partial charge in [-0.05, 0) is 50.1 Å². The van der Waals surface area contributed by atoms with Gasteiger partial charge in [0.1, 0.15) is 0 Å². The highest BCUT2D eigenvalue weighted by molar-refractivity contribution is 7.92. The average molecular weight is 443 g/mol. The van der Waals surface area contributed by atoms with Crippen molar-refractivity contribution in [3.63, 3.8) is 0 Å². The highest BCUT2D eigenvalue weighted by atomic mass is 32.2. The number of aryl methyl sites for hydroxylation is 2. The molecule has 1 amide bonds. The van der Waals surface area contributed by atoms with Crippen LogP contribution in [0.25, 0.3) is 11.5 Å². The molecule has 164 valence electrons. The van der Waals surface area contributed by atoms with Crippen LogP contribution in [-0.4, -0.2) is 30.3 Å². The van der Waals surface area contributed by atoms with Gasteiger partial charge in [-0.25, -0.2) is 8.42 Å². The van der Waals surface area contributed by atoms with Gasteiger partial charge in [-0.1, -0.05) is 30.7 Å². The molecule has 3 rings (SSSR count). The van der Waals surface area contributed by atoms with Crippen LogP contribution in [0.3, 0.4) is 0 Å². The minimum atomic E-state index is -3.41. The Morgan fingerprint density at radius 3 is 2.45 bits per heavy atom. The molecule has 9 heteroatoms. The number of benzene rings is 2. The van der Waals surface area contributed by atoms with E-state index in [1.807, 2.05) is 31.2 Å². The van der Waals surface area contributed by atoms with Crippen LogP contribution >= 0.6 is 0 Å². The van der Waals surface area contributed by atoms with Gasteiger partial charge in [-0.15, -0.1) is 10.2 Å². The summed E-state index contributed by atoms with van der Waals surface area (Å²) in [5.41, 5.74) is 3.61. The molecule has 0 unspecified atom stereocenters. The Morgan fingerprint density at radius 1 is 1.03 bits per heavy atom. The Bertz CT molecular complexity index is 1150. The fourth-order valence-electron chi connectivity index (χ4n) is 2.97. The summed E-state index contributed by atoms with van der Waals surface area (Å²) >= 11 is 0. The smallest absolute Gasteiger partial charge is 0.247 e. The normalized spacial score (nSPS) is 11.3. The second kappa shape index (κ2) is 9.74. The van der Waals surface area contributed by atoms with E-state index in [0.29, 0.717) is 41.6 Å². The van der Waals surface area contributed by atoms with Crippen molar-refractivity contribution in [3.8, 4) is 11.5 Å². The average Bonchev–Trinajstić information content (AvgIpc) is 3.19. The highest BCUT2D eigenvalue weighted by Crippen LogP contribution is 2.25. The number of carbonyl (C=O) groups is 1. The van der Waals surface area contributed by atoms with E-state index < -0.39 is 10.0 Å². The fraction of sp³-hybridized carbons (Fsp3) is 0.318. The molecule has 31 heavy (non-hydrogen) atoms. The van der Waals surface area contributed by atoms with Crippen LogP contribution in [0.1, 0.15) is 36.8 Å². The van der Waals surface area contributed by atoms with Gasteiger partial charge in [0, 0.05) is 24.1 Å². The van der Waals surface area contributed by atoms with Gasteiger partial charge in [0.25, 0.3) is 0 Å². The first-order valence-corrected chi connectivity index (χ1v) is 11.7. The van der Waals surface area contributed by atoms with Crippen molar-refractivity contribution in [2.75, 3.05) is 15.8 Å². The maximum absolute atomic E-state index is 12.4. The molecule has 1 aromatic heterocycles. The van der Waals surface area contributed by atoms with E-state index in [-0.39, 0.29) is 18.1 Å². The van der Waals surface area contributed by atoms with Gasteiger partial charge in [-0.2, -0.15) is 0 Å². The zero-order chi connectivity index (χ0) is 22.4. The van der Waals surface area contributed by atoms with Crippen molar-refractivity contribution in [2.24, 2.45) is 0 Å². The highest BCUT2D eigenvalue weighted by Gasteiger charge is 2.14. The summed E-state index contributed by atoms with van der Waals surface area (Å²) in [6, 6.07) is 12.8. The minimum Gasteiger partial charge on any atom is -0.421 e. The second-order valence-corrected chi connectivity index (χ2v) is 9.16. The summed E-state index contributed by atoms with van der Waals surface area (Å²) in [5, 5.41) is 10.9. The van der Waals surface area contributed by atoms with Crippen LogP contribution in [0.5, 0.6) is 0 Å². The SMILES string of the molecule is CCCS(=O)(=O)Nc1cccc(NC(=O)CCc2nnc(-c3ccc(C)cc3)o2)c1C. The largest absolute Gasteiger partial charge is 0.421 e. The summed E-state index contributed by atoms with van der Waals surface area (Å²) in [7, 11) is -3.41. The van der Waals surface area contributed by atoms with E-state index in [0.717, 1.165) is 11.1 Å². The van der Waals surface area contributed by atoms with Crippen LogP contribution in [0.2, 0.25) is 0 Å². The number of hydrogen-bond donors (Lipinski definition) is 2. The summed E-state index contributed by atoms with van der Waals surface area (Å²) in [6.45, 7) is 5.56. The minimum absolute atomic E-state index is 0.0395. The monoisotopic (exact) mass is 442 g/mol. The number of hydrogen-bond acceptors (Lipinski definition) is 6. The lowest BCUT2D eigenvalue weighted by atomic mass is 10.1. The molecule has 0 aliphatic carbocycles. The molecule has 2 N–H and O–H groups in total. The fourth-order valence-corrected chi connectivity index (χ4v) is 4.17. The molecule has 2 aromatic carbocycles. The summed E-state index contributed by atoms with van der Waals surface area (Å²) in [4.78, 5) is 12.4. The molecule has 8 nitrogen and oxygen atoms in total. The molecule has 0 atom stereocenters. The van der Waals surface area contributed by atoms with Gasteiger partial charge >= 0.3 is 0 Å². The predicted molar refractivity (Wildman–Crippen MR) is 120 cm³/mol. The topological polar surface area (TPSA) is 114 Å². The van der Waals surface area contributed by atoms with Gasteiger partial charge in [-0.3, -0.25) is 9.52 Å². The Labute approximate surface area is 182 Å². The van der Waals surface area contributed by atoms with E-state index in [2.05, 4.69) is 20.2 Å². The van der Waals surface area contributed by atoms with Crippen LogP contribution in [0.15, 0.2) is 46.9 Å². The second-order valence-electron chi connectivity index (χ2n) is 7.31. The first-order chi connectivity index (χ1) is 14.8. The predicted octanol–water partition coefficient (Wildman–Crippen LogP) is 4.08. The Morgan fingerprint density at radius 2 is 1.74 bits per heavy atom. The van der Waals surface area contributed by atoms with Crippen molar-refractivity contribution in [1.29, 1.82) is 0 Å². The summed E-state index contributed by atoms with van der Waals surface area (Å²) in [6.07, 6.45) is 0.972. The third kappa shape index (κ3) is 6.14. The van der Waals surface area contributed by atoms with E-state index in [9.17, 15) is 13.2 Å².